The van der Waals surface area contributed by atoms with Crippen molar-refractivity contribution in [2.24, 2.45) is 0 Å². The summed E-state index contributed by atoms with van der Waals surface area (Å²) in [5.74, 6) is -0.0202. The van der Waals surface area contributed by atoms with Crippen LogP contribution < -0.4 is 10.0 Å². The van der Waals surface area contributed by atoms with Crippen LogP contribution in [0.25, 0.3) is 17.2 Å². The van der Waals surface area contributed by atoms with Crippen LogP contribution in [0.2, 0.25) is 0 Å². The minimum Gasteiger partial charge on any atom is -0.437 e. The Labute approximate surface area is 122 Å². The van der Waals surface area contributed by atoms with Gasteiger partial charge in [-0.3, -0.25) is 4.79 Å². The maximum Gasteiger partial charge on any atom is 0.244 e. The van der Waals surface area contributed by atoms with Crippen molar-refractivity contribution in [2.45, 2.75) is 0 Å². The largest absolute Gasteiger partial charge is 0.437 e. The highest BCUT2D eigenvalue weighted by atomic mass is 32.2. The third kappa shape index (κ3) is 5.01. The van der Waals surface area contributed by atoms with E-state index in [1.807, 2.05) is 18.2 Å². The molecule has 8 heteroatoms. The van der Waals surface area contributed by atoms with Crippen LogP contribution in [-0.4, -0.2) is 38.7 Å². The molecule has 2 N–H and O–H groups in total. The lowest BCUT2D eigenvalue weighted by Crippen LogP contribution is -2.33. The van der Waals surface area contributed by atoms with E-state index in [2.05, 4.69) is 15.0 Å². The van der Waals surface area contributed by atoms with Gasteiger partial charge >= 0.3 is 0 Å². The number of hydrogen-bond acceptors (Lipinski definition) is 5. The summed E-state index contributed by atoms with van der Waals surface area (Å²) in [5, 5.41) is 2.54. The molecule has 21 heavy (non-hydrogen) atoms. The van der Waals surface area contributed by atoms with E-state index < -0.39 is 10.0 Å². The maximum absolute atomic E-state index is 11.5. The number of aromatic nitrogens is 1. The van der Waals surface area contributed by atoms with E-state index in [1.54, 1.807) is 6.07 Å². The second-order valence-corrected chi connectivity index (χ2v) is 6.14. The van der Waals surface area contributed by atoms with Crippen molar-refractivity contribution in [1.29, 1.82) is 0 Å². The molecule has 1 heterocycles. The average molecular weight is 309 g/mol. The van der Waals surface area contributed by atoms with Crippen LogP contribution in [0, 0.1) is 0 Å². The molecule has 0 radical (unpaired) electrons. The first-order valence-corrected chi connectivity index (χ1v) is 8.09. The molecule has 0 saturated heterocycles. The fraction of sp³-hybridized carbons (Fsp3) is 0.231. The van der Waals surface area contributed by atoms with Crippen molar-refractivity contribution in [2.75, 3.05) is 19.3 Å². The van der Waals surface area contributed by atoms with Gasteiger partial charge in [-0.2, -0.15) is 0 Å². The summed E-state index contributed by atoms with van der Waals surface area (Å²) in [5.41, 5.74) is 1.37. The van der Waals surface area contributed by atoms with Crippen LogP contribution in [-0.2, 0) is 14.8 Å². The third-order valence-electron chi connectivity index (χ3n) is 2.48. The number of amides is 1. The van der Waals surface area contributed by atoms with Crippen molar-refractivity contribution in [1.82, 2.24) is 15.0 Å². The molecule has 0 bridgehead atoms. The summed E-state index contributed by atoms with van der Waals surface area (Å²) in [6.45, 7) is 0.338. The van der Waals surface area contributed by atoms with Crippen LogP contribution in [0.4, 0.5) is 0 Å². The van der Waals surface area contributed by atoms with Gasteiger partial charge in [0.25, 0.3) is 0 Å². The Morgan fingerprint density at radius 3 is 2.81 bits per heavy atom. The van der Waals surface area contributed by atoms with Crippen LogP contribution in [0.3, 0.4) is 0 Å². The molecule has 1 aromatic heterocycles. The van der Waals surface area contributed by atoms with Crippen LogP contribution in [0.15, 0.2) is 34.8 Å². The third-order valence-corrected chi connectivity index (χ3v) is 3.20. The number of carbonyl (C=O) groups excluding carboxylic acids is 1. The van der Waals surface area contributed by atoms with Gasteiger partial charge in [0, 0.05) is 25.2 Å². The highest BCUT2D eigenvalue weighted by Gasteiger charge is 2.03. The summed E-state index contributed by atoms with van der Waals surface area (Å²) >= 11 is 0. The molecule has 7 nitrogen and oxygen atoms in total. The van der Waals surface area contributed by atoms with Crippen LogP contribution in [0.5, 0.6) is 0 Å². The maximum atomic E-state index is 11.5. The summed E-state index contributed by atoms with van der Waals surface area (Å²) in [6, 6.07) is 7.28. The van der Waals surface area contributed by atoms with Gasteiger partial charge in [-0.1, -0.05) is 12.1 Å². The number of benzene rings is 1. The molecule has 0 unspecified atom stereocenters. The van der Waals surface area contributed by atoms with E-state index in [-0.39, 0.29) is 19.0 Å². The average Bonchev–Trinajstić information content (AvgIpc) is 2.83. The summed E-state index contributed by atoms with van der Waals surface area (Å²) in [4.78, 5) is 15.7. The fourth-order valence-electron chi connectivity index (χ4n) is 1.59. The SMILES string of the molecule is CS(=O)(=O)NCCNC(=O)C=Cc1nc2ccccc2o1. The van der Waals surface area contributed by atoms with Gasteiger partial charge < -0.3 is 9.73 Å². The number of hydrogen-bond donors (Lipinski definition) is 2. The fourth-order valence-corrected chi connectivity index (χ4v) is 2.06. The van der Waals surface area contributed by atoms with Gasteiger partial charge in [0.1, 0.15) is 5.52 Å². The molecule has 0 spiro atoms. The number of nitrogens with one attached hydrogen (secondary N) is 2. The van der Waals surface area contributed by atoms with Gasteiger partial charge in [0.2, 0.25) is 21.8 Å². The van der Waals surface area contributed by atoms with Crippen LogP contribution >= 0.6 is 0 Å². The van der Waals surface area contributed by atoms with Gasteiger partial charge in [-0.15, -0.1) is 0 Å². The second kappa shape index (κ2) is 6.51. The topological polar surface area (TPSA) is 101 Å². The molecule has 0 aliphatic carbocycles. The predicted octanol–water partition coefficient (Wildman–Crippen LogP) is 0.506. The second-order valence-electron chi connectivity index (χ2n) is 4.31. The molecule has 0 aliphatic rings. The molecule has 1 aromatic carbocycles. The molecule has 0 atom stereocenters. The lowest BCUT2D eigenvalue weighted by molar-refractivity contribution is -0.116. The number of sulfonamides is 1. The number of fused-ring (bicyclic) bond motifs is 1. The van der Waals surface area contributed by atoms with E-state index >= 15 is 0 Å². The summed E-state index contributed by atoms with van der Waals surface area (Å²) in [6.07, 6.45) is 3.80. The van der Waals surface area contributed by atoms with Crippen LogP contribution in [0.1, 0.15) is 5.89 Å². The van der Waals surface area contributed by atoms with E-state index in [1.165, 1.54) is 12.2 Å². The lowest BCUT2D eigenvalue weighted by atomic mass is 10.3. The standard InChI is InChI=1S/C13H15N3O4S/c1-21(18,19)15-9-8-14-12(17)6-7-13-16-10-4-2-3-5-11(10)20-13/h2-7,15H,8-9H2,1H3,(H,14,17). The Morgan fingerprint density at radius 2 is 2.10 bits per heavy atom. The first-order valence-electron chi connectivity index (χ1n) is 6.20. The molecule has 112 valence electrons. The van der Waals surface area contributed by atoms with Gasteiger partial charge in [0.05, 0.1) is 6.26 Å². The zero-order chi connectivity index (χ0) is 15.3. The summed E-state index contributed by atoms with van der Waals surface area (Å²) < 4.78 is 29.3. The zero-order valence-corrected chi connectivity index (χ0v) is 12.2. The smallest absolute Gasteiger partial charge is 0.244 e. The zero-order valence-electron chi connectivity index (χ0n) is 11.4. The van der Waals surface area contributed by atoms with Crippen molar-refractivity contribution >= 4 is 33.1 Å². The van der Waals surface area contributed by atoms with E-state index in [0.29, 0.717) is 11.5 Å². The quantitative estimate of drug-likeness (QED) is 0.598. The number of oxazole rings is 1. The van der Waals surface area contributed by atoms with Crippen molar-refractivity contribution in [3.05, 3.63) is 36.2 Å². The Morgan fingerprint density at radius 1 is 1.33 bits per heavy atom. The predicted molar refractivity (Wildman–Crippen MR) is 78.9 cm³/mol. The normalized spacial score (nSPS) is 12.0. The Hall–Kier alpha value is -2.19. The minimum absolute atomic E-state index is 0.140. The van der Waals surface area contributed by atoms with Crippen molar-refractivity contribution in [3.63, 3.8) is 0 Å². The van der Waals surface area contributed by atoms with Gasteiger partial charge in [-0.05, 0) is 12.1 Å². The highest BCUT2D eigenvalue weighted by Crippen LogP contribution is 2.15. The molecule has 0 saturated carbocycles. The van der Waals surface area contributed by atoms with Crippen molar-refractivity contribution in [3.8, 4) is 0 Å². The molecule has 1 amide bonds. The number of para-hydroxylation sites is 2. The highest BCUT2D eigenvalue weighted by molar-refractivity contribution is 7.88. The van der Waals surface area contributed by atoms with Gasteiger partial charge in [-0.25, -0.2) is 18.1 Å². The van der Waals surface area contributed by atoms with E-state index in [0.717, 1.165) is 11.8 Å². The molecular weight excluding hydrogens is 294 g/mol. The molecule has 2 rings (SSSR count). The van der Waals surface area contributed by atoms with Crippen molar-refractivity contribution < 1.29 is 17.6 Å². The number of rotatable bonds is 6. The number of carbonyl (C=O) groups is 1. The Bertz CT molecular complexity index is 732. The first kappa shape index (κ1) is 15.2. The minimum atomic E-state index is -3.24. The molecule has 0 aliphatic heterocycles. The Balaban J connectivity index is 1.84. The Kier molecular flexibility index (Phi) is 4.71. The lowest BCUT2D eigenvalue weighted by Gasteiger charge is -2.02. The number of nitrogens with zero attached hydrogens (tertiary/aromatic N) is 1. The molecule has 2 aromatic rings. The molecule has 0 fully saturated rings. The monoisotopic (exact) mass is 309 g/mol. The first-order chi connectivity index (χ1) is 9.94. The summed E-state index contributed by atoms with van der Waals surface area (Å²) in [7, 11) is -3.24. The molecular formula is C13H15N3O4S. The van der Waals surface area contributed by atoms with E-state index in [4.69, 9.17) is 4.42 Å². The van der Waals surface area contributed by atoms with Gasteiger partial charge in [0.15, 0.2) is 5.58 Å². The van der Waals surface area contributed by atoms with E-state index in [9.17, 15) is 13.2 Å².